The summed E-state index contributed by atoms with van der Waals surface area (Å²) < 4.78 is 47.5. The van der Waals surface area contributed by atoms with Crippen molar-refractivity contribution in [3.63, 3.8) is 0 Å². The summed E-state index contributed by atoms with van der Waals surface area (Å²) in [4.78, 5) is 48.0. The molecule has 0 amide bonds. The van der Waals surface area contributed by atoms with Crippen molar-refractivity contribution in [2.75, 3.05) is 26.4 Å². The molecular formula is C46H45FO10. The molecule has 0 unspecified atom stereocenters. The molecule has 5 rings (SSSR count). The molecule has 0 N–H and O–H groups in total. The van der Waals surface area contributed by atoms with E-state index in [0.717, 1.165) is 91.1 Å². The lowest BCUT2D eigenvalue weighted by Gasteiger charge is -2.10. The predicted octanol–water partition coefficient (Wildman–Crippen LogP) is 9.91. The van der Waals surface area contributed by atoms with E-state index in [1.54, 1.807) is 36.4 Å². The minimum absolute atomic E-state index is 0.0470. The molecule has 10 nitrogen and oxygen atoms in total. The molecule has 0 aliphatic rings. The van der Waals surface area contributed by atoms with E-state index in [4.69, 9.17) is 28.4 Å². The summed E-state index contributed by atoms with van der Waals surface area (Å²) in [6.07, 6.45) is 9.30. The molecule has 0 saturated heterocycles. The maximum Gasteiger partial charge on any atom is 0.343 e. The van der Waals surface area contributed by atoms with Crippen LogP contribution in [0, 0.1) is 5.82 Å². The summed E-state index contributed by atoms with van der Waals surface area (Å²) in [5.74, 6) is -2.06. The van der Waals surface area contributed by atoms with E-state index in [1.807, 2.05) is 36.4 Å². The normalized spacial score (nSPS) is 10.8. The Balaban J connectivity index is 1.06. The van der Waals surface area contributed by atoms with Gasteiger partial charge in [0.1, 0.15) is 17.2 Å². The minimum atomic E-state index is -0.868. The van der Waals surface area contributed by atoms with Crippen molar-refractivity contribution in [3.8, 4) is 23.0 Å². The highest BCUT2D eigenvalue weighted by Crippen LogP contribution is 2.28. The van der Waals surface area contributed by atoms with E-state index in [2.05, 4.69) is 13.2 Å². The Morgan fingerprint density at radius 2 is 0.895 bits per heavy atom. The number of unbranched alkanes of at least 4 members (excludes halogenated alkanes) is 6. The average molecular weight is 777 g/mol. The van der Waals surface area contributed by atoms with E-state index < -0.39 is 29.7 Å². The number of carbonyl (C=O) groups is 4. The van der Waals surface area contributed by atoms with Gasteiger partial charge in [0, 0.05) is 18.2 Å². The monoisotopic (exact) mass is 776 g/mol. The number of rotatable bonds is 22. The van der Waals surface area contributed by atoms with Gasteiger partial charge in [-0.05, 0) is 134 Å². The molecule has 0 aliphatic heterocycles. The van der Waals surface area contributed by atoms with Gasteiger partial charge in [0.05, 0.1) is 37.6 Å². The van der Waals surface area contributed by atoms with Crippen LogP contribution in [-0.4, -0.2) is 50.3 Å². The van der Waals surface area contributed by atoms with Crippen LogP contribution < -0.4 is 18.9 Å². The van der Waals surface area contributed by atoms with Gasteiger partial charge in [0.15, 0.2) is 11.6 Å². The second-order valence-corrected chi connectivity index (χ2v) is 13.1. The number of esters is 4. The Morgan fingerprint density at radius 1 is 0.474 bits per heavy atom. The topological polar surface area (TPSA) is 124 Å². The van der Waals surface area contributed by atoms with Crippen LogP contribution in [0.4, 0.5) is 4.39 Å². The highest BCUT2D eigenvalue weighted by molar-refractivity contribution is 5.98. The molecule has 0 heterocycles. The summed E-state index contributed by atoms with van der Waals surface area (Å²) in [7, 11) is 0. The van der Waals surface area contributed by atoms with Crippen LogP contribution in [0.5, 0.6) is 23.0 Å². The van der Waals surface area contributed by atoms with Gasteiger partial charge in [-0.25, -0.2) is 23.6 Å². The number of benzene rings is 5. The molecule has 0 fully saturated rings. The molecule has 57 heavy (non-hydrogen) atoms. The summed E-state index contributed by atoms with van der Waals surface area (Å²) in [5, 5.41) is 3.31. The first-order valence-corrected chi connectivity index (χ1v) is 18.9. The molecule has 0 spiro atoms. The van der Waals surface area contributed by atoms with Gasteiger partial charge >= 0.3 is 23.9 Å². The quantitative estimate of drug-likeness (QED) is 0.0290. The lowest BCUT2D eigenvalue weighted by molar-refractivity contribution is -0.138. The molecule has 0 aliphatic carbocycles. The molecule has 0 saturated carbocycles. The highest BCUT2D eigenvalue weighted by Gasteiger charge is 2.16. The van der Waals surface area contributed by atoms with Crippen LogP contribution in [0.15, 0.2) is 116 Å². The summed E-state index contributed by atoms with van der Waals surface area (Å²) in [6.45, 7) is 8.58. The van der Waals surface area contributed by atoms with E-state index >= 15 is 4.39 Å². The number of fused-ring (bicyclic) bond motifs is 2. The van der Waals surface area contributed by atoms with E-state index in [0.29, 0.717) is 37.9 Å². The second kappa shape index (κ2) is 21.6. The molecule has 0 atom stereocenters. The third kappa shape index (κ3) is 13.1. The zero-order chi connectivity index (χ0) is 40.4. The summed E-state index contributed by atoms with van der Waals surface area (Å²) in [5.41, 5.74) is 0.510. The Bertz CT molecular complexity index is 2210. The molecule has 11 heteroatoms. The van der Waals surface area contributed by atoms with Gasteiger partial charge in [0.2, 0.25) is 0 Å². The first-order chi connectivity index (χ1) is 27.7. The van der Waals surface area contributed by atoms with Crippen molar-refractivity contribution in [2.45, 2.75) is 51.4 Å². The van der Waals surface area contributed by atoms with Gasteiger partial charge in [-0.1, -0.05) is 37.4 Å². The van der Waals surface area contributed by atoms with Gasteiger partial charge < -0.3 is 28.4 Å². The average Bonchev–Trinajstić information content (AvgIpc) is 3.22. The first-order valence-electron chi connectivity index (χ1n) is 18.9. The number of halogens is 1. The van der Waals surface area contributed by atoms with E-state index in [1.165, 1.54) is 12.1 Å². The van der Waals surface area contributed by atoms with Crippen LogP contribution >= 0.6 is 0 Å². The van der Waals surface area contributed by atoms with Gasteiger partial charge in [0.25, 0.3) is 0 Å². The van der Waals surface area contributed by atoms with Gasteiger partial charge in [-0.3, -0.25) is 0 Å². The second-order valence-electron chi connectivity index (χ2n) is 13.1. The Labute approximate surface area is 330 Å². The number of ether oxygens (including phenoxy) is 6. The van der Waals surface area contributed by atoms with Crippen molar-refractivity contribution >= 4 is 45.4 Å². The standard InChI is InChI=1S/C46H45FO10/c1-3-43(48)54-25-11-7-5-9-23-52-38-19-17-32-27-36(15-13-34(32)29-38)45(50)56-40-21-22-42(41(47)31-40)57-46(51)37-16-14-35-30-39(20-18-33(35)28-37)53-24-10-6-8-12-26-55-44(49)4-2/h3-4,13-22,27-31H,1-2,5-12,23-26H2. The van der Waals surface area contributed by atoms with Gasteiger partial charge in [-0.15, -0.1) is 0 Å². The van der Waals surface area contributed by atoms with Crippen LogP contribution in [0.2, 0.25) is 0 Å². The third-order valence-corrected chi connectivity index (χ3v) is 8.85. The zero-order valence-corrected chi connectivity index (χ0v) is 31.7. The number of hydrogen-bond donors (Lipinski definition) is 0. The van der Waals surface area contributed by atoms with Crippen LogP contribution in [0.3, 0.4) is 0 Å². The fraction of sp³-hybridized carbons (Fsp3) is 0.261. The van der Waals surface area contributed by atoms with Crippen molar-refractivity contribution in [1.29, 1.82) is 0 Å². The van der Waals surface area contributed by atoms with E-state index in [9.17, 15) is 19.2 Å². The lowest BCUT2D eigenvalue weighted by Crippen LogP contribution is -2.11. The van der Waals surface area contributed by atoms with Crippen LogP contribution in [-0.2, 0) is 19.1 Å². The van der Waals surface area contributed by atoms with Crippen LogP contribution in [0.1, 0.15) is 72.1 Å². The maximum absolute atomic E-state index is 15.1. The number of carbonyl (C=O) groups excluding carboxylic acids is 4. The Morgan fingerprint density at radius 3 is 1.37 bits per heavy atom. The molecular weight excluding hydrogens is 731 g/mol. The van der Waals surface area contributed by atoms with Crippen LogP contribution in [0.25, 0.3) is 21.5 Å². The molecule has 5 aromatic rings. The summed E-state index contributed by atoms with van der Waals surface area (Å²) >= 11 is 0. The zero-order valence-electron chi connectivity index (χ0n) is 31.7. The minimum Gasteiger partial charge on any atom is -0.494 e. The SMILES string of the molecule is C=CC(=O)OCCCCCCOc1ccc2cc(C(=O)Oc3ccc(OC(=O)c4ccc5cc(OCCCCCCOC(=O)C=C)ccc5c4)c(F)c3)ccc2c1. The maximum atomic E-state index is 15.1. The fourth-order valence-electron chi connectivity index (χ4n) is 5.79. The molecule has 0 radical (unpaired) electrons. The van der Waals surface area contributed by atoms with Crippen molar-refractivity contribution in [2.24, 2.45) is 0 Å². The predicted molar refractivity (Wildman–Crippen MR) is 214 cm³/mol. The molecule has 0 bridgehead atoms. The number of hydrogen-bond acceptors (Lipinski definition) is 10. The largest absolute Gasteiger partial charge is 0.494 e. The first kappa shape index (κ1) is 41.7. The lowest BCUT2D eigenvalue weighted by atomic mass is 10.1. The Hall–Kier alpha value is -6.49. The molecule has 296 valence electrons. The van der Waals surface area contributed by atoms with Gasteiger partial charge in [-0.2, -0.15) is 0 Å². The molecule has 0 aromatic heterocycles. The van der Waals surface area contributed by atoms with Crippen molar-refractivity contribution < 1.29 is 52.0 Å². The fourth-order valence-corrected chi connectivity index (χ4v) is 5.79. The molecule has 5 aromatic carbocycles. The van der Waals surface area contributed by atoms with E-state index in [-0.39, 0.29) is 22.6 Å². The summed E-state index contributed by atoms with van der Waals surface area (Å²) in [6, 6.07) is 24.8. The van der Waals surface area contributed by atoms with Crippen molar-refractivity contribution in [1.82, 2.24) is 0 Å². The smallest absolute Gasteiger partial charge is 0.343 e. The third-order valence-electron chi connectivity index (χ3n) is 8.85. The Kier molecular flexibility index (Phi) is 15.8. The highest BCUT2D eigenvalue weighted by atomic mass is 19.1. The van der Waals surface area contributed by atoms with Crippen molar-refractivity contribution in [3.05, 3.63) is 133 Å².